The van der Waals surface area contributed by atoms with Gasteiger partial charge in [-0.25, -0.2) is 4.79 Å². The molecule has 2 saturated heterocycles. The number of likely N-dealkylation sites (tertiary alicyclic amines) is 2. The van der Waals surface area contributed by atoms with E-state index in [0.717, 1.165) is 0 Å². The number of amides is 6. The fourth-order valence-corrected chi connectivity index (χ4v) is 6.53. The van der Waals surface area contributed by atoms with Crippen LogP contribution in [0.2, 0.25) is 0 Å². The van der Waals surface area contributed by atoms with E-state index in [-0.39, 0.29) is 38.8 Å². The molecule has 2 aliphatic heterocycles. The number of nitrogens with zero attached hydrogens (tertiary/aromatic N) is 2. The SMILES string of the molecule is CSCC[C@H](NC(=O)[C@@H](N)[C@@H](C)O)C(=O)N[C@@H](CCC(=O)O)C(=O)N1CCC[C@H]1C(=O)NCC(=O)N[C@@H](CCCCN)C(=O)N1CCC[C@H]1C(=O)O. The first kappa shape index (κ1) is 44.2. The van der Waals surface area contributed by atoms with Crippen LogP contribution in [0.25, 0.3) is 0 Å². The first-order valence-electron chi connectivity index (χ1n) is 17.5. The normalized spacial score (nSPS) is 19.9. The van der Waals surface area contributed by atoms with Gasteiger partial charge in [0.2, 0.25) is 35.4 Å². The minimum Gasteiger partial charge on any atom is -0.481 e. The van der Waals surface area contributed by atoms with Crippen LogP contribution < -0.4 is 32.7 Å². The summed E-state index contributed by atoms with van der Waals surface area (Å²) in [7, 11) is 0. The third-order valence-electron chi connectivity index (χ3n) is 8.99. The van der Waals surface area contributed by atoms with Gasteiger partial charge in [-0.15, -0.1) is 0 Å². The van der Waals surface area contributed by atoms with Crippen molar-refractivity contribution in [3.8, 4) is 0 Å². The van der Waals surface area contributed by atoms with Gasteiger partial charge in [0.05, 0.1) is 12.6 Å². The molecule has 0 aliphatic carbocycles. The molecule has 7 atom stereocenters. The number of hydrogen-bond donors (Lipinski definition) is 9. The van der Waals surface area contributed by atoms with Crippen molar-refractivity contribution in [2.75, 3.05) is 38.2 Å². The summed E-state index contributed by atoms with van der Waals surface area (Å²) >= 11 is 1.39. The summed E-state index contributed by atoms with van der Waals surface area (Å²) < 4.78 is 0. The highest BCUT2D eigenvalue weighted by Crippen LogP contribution is 2.21. The Hall–Kier alpha value is -4.01. The van der Waals surface area contributed by atoms with Crippen molar-refractivity contribution in [2.24, 2.45) is 11.5 Å². The molecule has 11 N–H and O–H groups in total. The summed E-state index contributed by atoms with van der Waals surface area (Å²) in [6.45, 7) is 1.46. The molecule has 2 heterocycles. The summed E-state index contributed by atoms with van der Waals surface area (Å²) in [6, 6.07) is -6.94. The van der Waals surface area contributed by atoms with Gasteiger partial charge >= 0.3 is 11.9 Å². The molecule has 0 aromatic rings. The molecule has 6 amide bonds. The van der Waals surface area contributed by atoms with Gasteiger partial charge in [-0.05, 0) is 83.3 Å². The molecule has 294 valence electrons. The maximum Gasteiger partial charge on any atom is 0.326 e. The summed E-state index contributed by atoms with van der Waals surface area (Å²) in [6.07, 6.45) is 2.60. The van der Waals surface area contributed by atoms with Gasteiger partial charge in [-0.3, -0.25) is 33.6 Å². The van der Waals surface area contributed by atoms with Crippen LogP contribution in [0.15, 0.2) is 0 Å². The van der Waals surface area contributed by atoms with E-state index in [2.05, 4.69) is 21.3 Å². The Balaban J connectivity index is 2.13. The Morgan fingerprint density at radius 2 is 1.38 bits per heavy atom. The van der Waals surface area contributed by atoms with Crippen LogP contribution in [-0.4, -0.2) is 153 Å². The van der Waals surface area contributed by atoms with E-state index in [0.29, 0.717) is 44.4 Å². The number of nitrogens with one attached hydrogen (secondary N) is 4. The zero-order valence-electron chi connectivity index (χ0n) is 29.7. The maximum absolute atomic E-state index is 13.8. The van der Waals surface area contributed by atoms with E-state index >= 15 is 0 Å². The van der Waals surface area contributed by atoms with E-state index < -0.39 is 103 Å². The van der Waals surface area contributed by atoms with Crippen molar-refractivity contribution in [1.29, 1.82) is 0 Å². The Kier molecular flexibility index (Phi) is 18.8. The quantitative estimate of drug-likeness (QED) is 0.0500. The molecule has 0 unspecified atom stereocenters. The predicted molar refractivity (Wildman–Crippen MR) is 188 cm³/mol. The number of aliphatic hydroxyl groups is 1. The van der Waals surface area contributed by atoms with Crippen molar-refractivity contribution < 1.29 is 53.7 Å². The van der Waals surface area contributed by atoms with Gasteiger partial charge in [-0.1, -0.05) is 0 Å². The molecule has 0 saturated carbocycles. The lowest BCUT2D eigenvalue weighted by atomic mass is 10.1. The second kappa shape index (κ2) is 22.1. The average Bonchev–Trinajstić information content (AvgIpc) is 3.80. The van der Waals surface area contributed by atoms with Crippen LogP contribution in [0, 0.1) is 0 Å². The Morgan fingerprint density at radius 3 is 1.94 bits per heavy atom. The fraction of sp³-hybridized carbons (Fsp3) is 0.750. The summed E-state index contributed by atoms with van der Waals surface area (Å²) in [4.78, 5) is 105. The predicted octanol–water partition coefficient (Wildman–Crippen LogP) is -2.92. The van der Waals surface area contributed by atoms with Crippen LogP contribution >= 0.6 is 11.8 Å². The van der Waals surface area contributed by atoms with Gasteiger partial charge in [-0.2, -0.15) is 11.8 Å². The average molecular weight is 759 g/mol. The van der Waals surface area contributed by atoms with Crippen LogP contribution in [0.3, 0.4) is 0 Å². The van der Waals surface area contributed by atoms with Gasteiger partial charge in [0.15, 0.2) is 0 Å². The molecule has 0 aromatic heterocycles. The fourth-order valence-electron chi connectivity index (χ4n) is 6.06. The molecule has 0 radical (unpaired) electrons. The van der Waals surface area contributed by atoms with Crippen LogP contribution in [-0.2, 0) is 38.4 Å². The Morgan fingerprint density at radius 1 is 0.808 bits per heavy atom. The molecule has 19 nitrogen and oxygen atoms in total. The highest BCUT2D eigenvalue weighted by atomic mass is 32.2. The van der Waals surface area contributed by atoms with Gasteiger partial charge in [0, 0.05) is 19.5 Å². The highest BCUT2D eigenvalue weighted by Gasteiger charge is 2.40. The smallest absolute Gasteiger partial charge is 0.326 e. The summed E-state index contributed by atoms with van der Waals surface area (Å²) in [5, 5.41) is 38.6. The molecule has 0 bridgehead atoms. The van der Waals surface area contributed by atoms with Crippen LogP contribution in [0.1, 0.15) is 71.1 Å². The molecule has 0 spiro atoms. The van der Waals surface area contributed by atoms with Crippen molar-refractivity contribution in [3.63, 3.8) is 0 Å². The number of aliphatic hydroxyl groups excluding tert-OH is 1. The first-order chi connectivity index (χ1) is 24.6. The summed E-state index contributed by atoms with van der Waals surface area (Å²) in [5.41, 5.74) is 11.3. The minimum absolute atomic E-state index is 0.108. The lowest BCUT2D eigenvalue weighted by Crippen LogP contribution is -2.59. The maximum atomic E-state index is 13.8. The highest BCUT2D eigenvalue weighted by molar-refractivity contribution is 7.98. The lowest BCUT2D eigenvalue weighted by Gasteiger charge is -2.30. The standard InChI is InChI=1S/C32H54N8O11S/c1-18(41)26(34)29(47)37-19(12-16-52-2)27(45)38-21(10-11-25(43)44)31(49)39-14-5-8-22(39)28(46)35-17-24(42)36-20(7-3-4-13-33)30(48)40-15-6-9-23(40)32(50)51/h18-23,26,41H,3-17,33-34H2,1-2H3,(H,35,46)(H,36,42)(H,37,47)(H,38,45)(H,43,44)(H,50,51)/t18-,19+,20+,21+,22+,23+,26+/m1/s1. The van der Waals surface area contributed by atoms with Crippen molar-refractivity contribution in [3.05, 3.63) is 0 Å². The van der Waals surface area contributed by atoms with E-state index in [1.807, 2.05) is 0 Å². The van der Waals surface area contributed by atoms with Crippen LogP contribution in [0.5, 0.6) is 0 Å². The van der Waals surface area contributed by atoms with Gasteiger partial charge < -0.3 is 57.9 Å². The number of nitrogens with two attached hydrogens (primary N) is 2. The number of carboxylic acid groups (broad SMARTS) is 2. The van der Waals surface area contributed by atoms with E-state index in [9.17, 15) is 53.7 Å². The third-order valence-corrected chi connectivity index (χ3v) is 9.63. The molecule has 2 fully saturated rings. The molecule has 52 heavy (non-hydrogen) atoms. The Labute approximate surface area is 306 Å². The zero-order valence-corrected chi connectivity index (χ0v) is 30.5. The number of rotatable bonds is 22. The number of thioether (sulfide) groups is 1. The largest absolute Gasteiger partial charge is 0.481 e. The second-order valence-electron chi connectivity index (χ2n) is 12.9. The summed E-state index contributed by atoms with van der Waals surface area (Å²) in [5.74, 6) is -6.16. The Bertz CT molecular complexity index is 1290. The third kappa shape index (κ3) is 13.5. The zero-order chi connectivity index (χ0) is 39.0. The number of carbonyl (C=O) groups excluding carboxylic acids is 6. The van der Waals surface area contributed by atoms with E-state index in [1.165, 1.54) is 28.5 Å². The number of carboxylic acids is 2. The van der Waals surface area contributed by atoms with Crippen molar-refractivity contribution in [2.45, 2.75) is 113 Å². The first-order valence-corrected chi connectivity index (χ1v) is 18.9. The molecular formula is C32H54N8O11S. The molecule has 2 aliphatic rings. The monoisotopic (exact) mass is 758 g/mol. The topological polar surface area (TPSA) is 304 Å². The van der Waals surface area contributed by atoms with Gasteiger partial charge in [0.1, 0.15) is 36.3 Å². The minimum atomic E-state index is -1.38. The van der Waals surface area contributed by atoms with Crippen molar-refractivity contribution in [1.82, 2.24) is 31.1 Å². The number of hydrogen-bond acceptors (Lipinski definition) is 12. The van der Waals surface area contributed by atoms with E-state index in [1.54, 1.807) is 6.26 Å². The lowest BCUT2D eigenvalue weighted by molar-refractivity contribution is -0.149. The molecule has 2 rings (SSSR count). The molecular weight excluding hydrogens is 704 g/mol. The van der Waals surface area contributed by atoms with Gasteiger partial charge in [0.25, 0.3) is 0 Å². The molecule has 0 aromatic carbocycles. The second-order valence-corrected chi connectivity index (χ2v) is 13.9. The number of unbranched alkanes of at least 4 members (excludes halogenated alkanes) is 1. The van der Waals surface area contributed by atoms with Crippen LogP contribution in [0.4, 0.5) is 0 Å². The molecule has 20 heteroatoms. The number of aliphatic carboxylic acids is 2. The van der Waals surface area contributed by atoms with Crippen molar-refractivity contribution >= 4 is 59.1 Å². The van der Waals surface area contributed by atoms with E-state index in [4.69, 9.17) is 11.5 Å². The number of carbonyl (C=O) groups is 8.